The van der Waals surface area contributed by atoms with Gasteiger partial charge >= 0.3 is 0 Å². The monoisotopic (exact) mass is 384 g/mol. The number of imide groups is 1. The summed E-state index contributed by atoms with van der Waals surface area (Å²) in [5.74, 6) is -0.746. The van der Waals surface area contributed by atoms with E-state index in [0.717, 1.165) is 38.5 Å². The van der Waals surface area contributed by atoms with Crippen LogP contribution in [0.4, 0.5) is 5.69 Å². The van der Waals surface area contributed by atoms with Gasteiger partial charge in [0.25, 0.3) is 11.8 Å². The number of hydrogen-bond acceptors (Lipinski definition) is 3. The maximum atomic E-state index is 12.9. The Bertz CT molecular complexity index is 1300. The number of amides is 2. The number of anilines is 1. The molecule has 2 aromatic carbocycles. The molecule has 2 aromatic heterocycles. The molecule has 6 heteroatoms. The first-order valence-electron chi connectivity index (χ1n) is 9.36. The molecule has 5 rings (SSSR count). The van der Waals surface area contributed by atoms with Crippen LogP contribution in [-0.4, -0.2) is 20.9 Å². The van der Waals surface area contributed by atoms with Crippen molar-refractivity contribution in [2.24, 2.45) is 14.1 Å². The van der Waals surface area contributed by atoms with Crippen LogP contribution >= 0.6 is 0 Å². The quantitative estimate of drug-likeness (QED) is 0.411. The van der Waals surface area contributed by atoms with Gasteiger partial charge in [-0.3, -0.25) is 14.9 Å². The number of nitrogen functional groups attached to an aromatic ring is 1. The largest absolute Gasteiger partial charge is 0.399 e. The Morgan fingerprint density at radius 3 is 1.90 bits per heavy atom. The standard InChI is InChI=1S/C23H20N4O2/c1-12-4-6-14-16(10-26(2)18(14)8-12)20-21(23(29)25-22(20)28)17-11-27(3)19-9-13(24)5-7-15(17)19/h4-11H,24H2,1-3H3,(H,25,28,29). The lowest BCUT2D eigenvalue weighted by molar-refractivity contribution is -0.122. The Labute approximate surface area is 167 Å². The van der Waals surface area contributed by atoms with Crippen molar-refractivity contribution >= 4 is 50.5 Å². The fourth-order valence-corrected chi connectivity index (χ4v) is 4.26. The summed E-state index contributed by atoms with van der Waals surface area (Å²) in [6.07, 6.45) is 3.80. The highest BCUT2D eigenvalue weighted by atomic mass is 16.2. The number of aryl methyl sites for hydroxylation is 3. The number of aromatic nitrogens is 2. The van der Waals surface area contributed by atoms with Crippen LogP contribution in [0.5, 0.6) is 0 Å². The smallest absolute Gasteiger partial charge is 0.259 e. The summed E-state index contributed by atoms with van der Waals surface area (Å²) >= 11 is 0. The average molecular weight is 384 g/mol. The minimum atomic E-state index is -0.376. The van der Waals surface area contributed by atoms with Gasteiger partial charge in [0.15, 0.2) is 0 Å². The summed E-state index contributed by atoms with van der Waals surface area (Å²) in [4.78, 5) is 25.7. The highest BCUT2D eigenvalue weighted by Gasteiger charge is 2.35. The number of rotatable bonds is 2. The zero-order chi connectivity index (χ0) is 20.4. The predicted molar refractivity (Wildman–Crippen MR) is 115 cm³/mol. The second-order valence-electron chi connectivity index (χ2n) is 7.64. The third-order valence-electron chi connectivity index (χ3n) is 5.63. The first-order chi connectivity index (χ1) is 13.8. The summed E-state index contributed by atoms with van der Waals surface area (Å²) in [6.45, 7) is 2.03. The van der Waals surface area contributed by atoms with Gasteiger partial charge in [-0.2, -0.15) is 0 Å². The SMILES string of the molecule is Cc1ccc2c(C3=C(c4cn(C)c5cc(N)ccc45)C(=O)NC3=O)cn(C)c2c1. The minimum absolute atomic E-state index is 0.370. The number of nitrogens with one attached hydrogen (secondary N) is 1. The van der Waals surface area contributed by atoms with E-state index in [4.69, 9.17) is 5.73 Å². The van der Waals surface area contributed by atoms with Crippen molar-refractivity contribution in [3.8, 4) is 0 Å². The molecule has 3 heterocycles. The zero-order valence-electron chi connectivity index (χ0n) is 16.4. The van der Waals surface area contributed by atoms with E-state index in [1.54, 1.807) is 6.07 Å². The van der Waals surface area contributed by atoms with E-state index in [9.17, 15) is 9.59 Å². The topological polar surface area (TPSA) is 82.1 Å². The molecule has 0 fully saturated rings. The van der Waals surface area contributed by atoms with Crippen molar-refractivity contribution in [2.75, 3.05) is 5.73 Å². The van der Waals surface area contributed by atoms with E-state index in [1.165, 1.54) is 0 Å². The number of carbonyl (C=O) groups is 2. The molecule has 1 aliphatic heterocycles. The molecule has 29 heavy (non-hydrogen) atoms. The molecule has 4 aromatic rings. The van der Waals surface area contributed by atoms with E-state index >= 15 is 0 Å². The lowest BCUT2D eigenvalue weighted by atomic mass is 9.95. The Balaban J connectivity index is 1.86. The second kappa shape index (κ2) is 5.85. The average Bonchev–Trinajstić information content (AvgIpc) is 3.26. The summed E-state index contributed by atoms with van der Waals surface area (Å²) in [5.41, 5.74) is 11.9. The third kappa shape index (κ3) is 2.42. The highest BCUT2D eigenvalue weighted by molar-refractivity contribution is 6.50. The molecule has 0 atom stereocenters. The van der Waals surface area contributed by atoms with Crippen LogP contribution < -0.4 is 11.1 Å². The zero-order valence-corrected chi connectivity index (χ0v) is 16.4. The molecule has 3 N–H and O–H groups in total. The second-order valence-corrected chi connectivity index (χ2v) is 7.64. The number of fused-ring (bicyclic) bond motifs is 2. The Morgan fingerprint density at radius 2 is 1.31 bits per heavy atom. The van der Waals surface area contributed by atoms with Crippen LogP contribution in [0.2, 0.25) is 0 Å². The molecule has 144 valence electrons. The summed E-state index contributed by atoms with van der Waals surface area (Å²) < 4.78 is 3.91. The molecule has 0 radical (unpaired) electrons. The molecule has 0 saturated carbocycles. The van der Waals surface area contributed by atoms with Crippen molar-refractivity contribution in [3.63, 3.8) is 0 Å². The maximum Gasteiger partial charge on any atom is 0.259 e. The summed E-state index contributed by atoms with van der Waals surface area (Å²) in [7, 11) is 3.85. The van der Waals surface area contributed by atoms with E-state index in [2.05, 4.69) is 11.4 Å². The van der Waals surface area contributed by atoms with Gasteiger partial charge in [-0.25, -0.2) is 0 Å². The number of nitrogens with two attached hydrogens (primary N) is 1. The number of carbonyl (C=O) groups excluding carboxylic acids is 2. The third-order valence-corrected chi connectivity index (χ3v) is 5.63. The Morgan fingerprint density at radius 1 is 0.793 bits per heavy atom. The first kappa shape index (κ1) is 17.3. The molecule has 1 aliphatic rings. The van der Waals surface area contributed by atoms with Crippen molar-refractivity contribution in [2.45, 2.75) is 6.92 Å². The van der Waals surface area contributed by atoms with Crippen LogP contribution in [0, 0.1) is 6.92 Å². The van der Waals surface area contributed by atoms with Gasteiger partial charge in [-0.15, -0.1) is 0 Å². The predicted octanol–water partition coefficient (Wildman–Crippen LogP) is 3.13. The van der Waals surface area contributed by atoms with E-state index in [-0.39, 0.29) is 11.8 Å². The van der Waals surface area contributed by atoms with Crippen LogP contribution in [0.25, 0.3) is 33.0 Å². The molecule has 0 saturated heterocycles. The lowest BCUT2D eigenvalue weighted by Crippen LogP contribution is -2.22. The molecular formula is C23H20N4O2. The van der Waals surface area contributed by atoms with Gasteiger partial charge in [0.2, 0.25) is 0 Å². The van der Waals surface area contributed by atoms with Crippen LogP contribution in [0.3, 0.4) is 0 Å². The van der Waals surface area contributed by atoms with Crippen molar-refractivity contribution in [1.82, 2.24) is 14.5 Å². The van der Waals surface area contributed by atoms with E-state index in [1.807, 2.05) is 66.8 Å². The molecular weight excluding hydrogens is 364 g/mol. The number of hydrogen-bond donors (Lipinski definition) is 2. The van der Waals surface area contributed by atoms with Crippen molar-refractivity contribution in [1.29, 1.82) is 0 Å². The molecule has 2 amide bonds. The maximum absolute atomic E-state index is 12.9. The Kier molecular flexibility index (Phi) is 3.49. The fraction of sp³-hybridized carbons (Fsp3) is 0.130. The van der Waals surface area contributed by atoms with E-state index in [0.29, 0.717) is 16.8 Å². The van der Waals surface area contributed by atoms with E-state index < -0.39 is 0 Å². The van der Waals surface area contributed by atoms with Gasteiger partial charge in [-0.05, 0) is 30.7 Å². The van der Waals surface area contributed by atoms with Gasteiger partial charge in [-0.1, -0.05) is 18.2 Å². The van der Waals surface area contributed by atoms with Gasteiger partial charge in [0, 0.05) is 59.6 Å². The van der Waals surface area contributed by atoms with Gasteiger partial charge in [0.1, 0.15) is 0 Å². The van der Waals surface area contributed by atoms with Crippen LogP contribution in [0.1, 0.15) is 16.7 Å². The summed E-state index contributed by atoms with van der Waals surface area (Å²) in [5, 5.41) is 4.32. The molecule has 0 bridgehead atoms. The summed E-state index contributed by atoms with van der Waals surface area (Å²) in [6, 6.07) is 11.7. The molecule has 0 aliphatic carbocycles. The van der Waals surface area contributed by atoms with Crippen molar-refractivity contribution < 1.29 is 9.59 Å². The van der Waals surface area contributed by atoms with Gasteiger partial charge < -0.3 is 14.9 Å². The lowest BCUT2D eigenvalue weighted by Gasteiger charge is -2.03. The molecule has 6 nitrogen and oxygen atoms in total. The number of nitrogens with zero attached hydrogens (tertiary/aromatic N) is 2. The Hall–Kier alpha value is -3.80. The van der Waals surface area contributed by atoms with Gasteiger partial charge in [0.05, 0.1) is 16.7 Å². The number of benzene rings is 2. The first-order valence-corrected chi connectivity index (χ1v) is 9.36. The minimum Gasteiger partial charge on any atom is -0.399 e. The fourth-order valence-electron chi connectivity index (χ4n) is 4.26. The highest BCUT2D eigenvalue weighted by Crippen LogP contribution is 2.39. The molecule has 0 spiro atoms. The normalized spacial score (nSPS) is 14.4. The van der Waals surface area contributed by atoms with Crippen molar-refractivity contribution in [3.05, 3.63) is 65.5 Å². The molecule has 0 unspecified atom stereocenters. The van der Waals surface area contributed by atoms with Crippen LogP contribution in [0.15, 0.2) is 48.8 Å². The van der Waals surface area contributed by atoms with Crippen LogP contribution in [-0.2, 0) is 23.7 Å².